The Bertz CT molecular complexity index is 492. The van der Waals surface area contributed by atoms with E-state index in [1.807, 2.05) is 0 Å². The molecule has 5 atom stereocenters. The minimum atomic E-state index is -1.54. The molecule has 1 aliphatic rings. The molecule has 1 heterocycles. The summed E-state index contributed by atoms with van der Waals surface area (Å²) in [6.45, 7) is -0.564. The maximum Gasteiger partial charge on any atom is 0.269 e. The summed E-state index contributed by atoms with van der Waals surface area (Å²) in [4.78, 5) is 9.95. The topological polar surface area (TPSA) is 174 Å². The van der Waals surface area contributed by atoms with Crippen LogP contribution in [0.4, 0.5) is 5.69 Å². The lowest BCUT2D eigenvalue weighted by Crippen LogP contribution is -2.60. The van der Waals surface area contributed by atoms with E-state index in [9.17, 15) is 25.4 Å². The molecular formula is C12H17NO9. The molecule has 1 aromatic carbocycles. The van der Waals surface area contributed by atoms with Gasteiger partial charge >= 0.3 is 0 Å². The lowest BCUT2D eigenvalue weighted by atomic mass is 9.99. The Hall–Kier alpha value is -1.82. The molecule has 0 aliphatic carbocycles. The Labute approximate surface area is 124 Å². The predicted octanol–water partition coefficient (Wildman–Crippen LogP) is -2.05. The van der Waals surface area contributed by atoms with Crippen molar-refractivity contribution in [2.45, 2.75) is 30.7 Å². The molecule has 1 fully saturated rings. The third-order valence-electron chi connectivity index (χ3n) is 3.15. The van der Waals surface area contributed by atoms with Crippen molar-refractivity contribution >= 4 is 5.69 Å². The van der Waals surface area contributed by atoms with E-state index in [-0.39, 0.29) is 16.9 Å². The third kappa shape index (κ3) is 3.68. The molecule has 1 saturated heterocycles. The Morgan fingerprint density at radius 3 is 2.23 bits per heavy atom. The van der Waals surface area contributed by atoms with Crippen LogP contribution in [-0.4, -0.2) is 68.1 Å². The van der Waals surface area contributed by atoms with Crippen LogP contribution < -0.4 is 4.74 Å². The van der Waals surface area contributed by atoms with Crippen LogP contribution in [0.5, 0.6) is 5.75 Å². The van der Waals surface area contributed by atoms with Crippen molar-refractivity contribution in [1.82, 2.24) is 0 Å². The molecule has 6 N–H and O–H groups in total. The number of nitro benzene ring substituents is 1. The van der Waals surface area contributed by atoms with Gasteiger partial charge in [0.05, 0.1) is 11.5 Å². The van der Waals surface area contributed by atoms with Gasteiger partial charge in [-0.25, -0.2) is 0 Å². The average Bonchev–Trinajstić information content (AvgIpc) is 2.48. The van der Waals surface area contributed by atoms with Crippen molar-refractivity contribution in [3.8, 4) is 5.75 Å². The van der Waals surface area contributed by atoms with Crippen LogP contribution in [0.15, 0.2) is 24.3 Å². The number of rotatable bonds is 4. The predicted molar refractivity (Wildman–Crippen MR) is 71.1 cm³/mol. The second-order valence-electron chi connectivity index (χ2n) is 4.57. The van der Waals surface area contributed by atoms with E-state index in [2.05, 4.69) is 0 Å². The van der Waals surface area contributed by atoms with Crippen molar-refractivity contribution in [2.24, 2.45) is 0 Å². The second kappa shape index (κ2) is 7.45. The standard InChI is InChI=1S/C12H15NO8.H2O/c14-5-8-9(15)10(16)11(17)12(21-8)20-7-3-1-6(2-4-7)13(18)19;/h1-4,8-12,14-17H,5H2;1H2/t8-,9-,10+,11-,12-;/m1./s1. The molecule has 0 bridgehead atoms. The highest BCUT2D eigenvalue weighted by Crippen LogP contribution is 2.25. The molecule has 0 saturated carbocycles. The summed E-state index contributed by atoms with van der Waals surface area (Å²) in [5.74, 6) is 0.171. The van der Waals surface area contributed by atoms with Gasteiger partial charge in [-0.05, 0) is 12.1 Å². The number of ether oxygens (including phenoxy) is 2. The Kier molecular flexibility index (Phi) is 6.17. The number of nitrogens with zero attached hydrogens (tertiary/aromatic N) is 1. The van der Waals surface area contributed by atoms with Gasteiger partial charge in [-0.1, -0.05) is 0 Å². The molecule has 1 aliphatic heterocycles. The molecule has 10 nitrogen and oxygen atoms in total. The van der Waals surface area contributed by atoms with Crippen molar-refractivity contribution in [1.29, 1.82) is 0 Å². The highest BCUT2D eigenvalue weighted by molar-refractivity contribution is 5.36. The van der Waals surface area contributed by atoms with Crippen LogP contribution in [0.25, 0.3) is 0 Å². The Morgan fingerprint density at radius 1 is 1.14 bits per heavy atom. The van der Waals surface area contributed by atoms with Gasteiger partial charge in [0.2, 0.25) is 6.29 Å². The highest BCUT2D eigenvalue weighted by atomic mass is 16.7. The number of hydrogen-bond donors (Lipinski definition) is 4. The SMILES string of the molecule is O.O=[N+]([O-])c1ccc(O[C@@H]2O[C@H](CO)[C@@H](O)[C@H](O)[C@H]2O)cc1. The fourth-order valence-corrected chi connectivity index (χ4v) is 1.95. The van der Waals surface area contributed by atoms with Crippen LogP contribution in [0.2, 0.25) is 0 Å². The van der Waals surface area contributed by atoms with E-state index in [0.717, 1.165) is 0 Å². The quantitative estimate of drug-likeness (QED) is 0.362. The summed E-state index contributed by atoms with van der Waals surface area (Å²) in [5, 5.41) is 48.6. The molecule has 1 aromatic rings. The molecule has 0 radical (unpaired) electrons. The van der Waals surface area contributed by atoms with Gasteiger partial charge < -0.3 is 35.4 Å². The number of aliphatic hydroxyl groups is 4. The van der Waals surface area contributed by atoms with Crippen LogP contribution in [0, 0.1) is 10.1 Å². The molecule has 124 valence electrons. The first-order chi connectivity index (χ1) is 9.93. The highest BCUT2D eigenvalue weighted by Gasteiger charge is 2.44. The van der Waals surface area contributed by atoms with Crippen LogP contribution in [0.1, 0.15) is 0 Å². The zero-order valence-electron chi connectivity index (χ0n) is 11.3. The third-order valence-corrected chi connectivity index (χ3v) is 3.15. The van der Waals surface area contributed by atoms with Crippen molar-refractivity contribution < 1.29 is 40.3 Å². The van der Waals surface area contributed by atoms with E-state index >= 15 is 0 Å². The van der Waals surface area contributed by atoms with E-state index < -0.39 is 42.2 Å². The monoisotopic (exact) mass is 319 g/mol. The number of benzene rings is 1. The fourth-order valence-electron chi connectivity index (χ4n) is 1.95. The van der Waals surface area contributed by atoms with Crippen molar-refractivity contribution in [3.63, 3.8) is 0 Å². The number of nitro groups is 1. The van der Waals surface area contributed by atoms with Gasteiger partial charge in [-0.3, -0.25) is 10.1 Å². The van der Waals surface area contributed by atoms with Gasteiger partial charge in [0.15, 0.2) is 0 Å². The lowest BCUT2D eigenvalue weighted by molar-refractivity contribution is -0.384. The summed E-state index contributed by atoms with van der Waals surface area (Å²) in [6.07, 6.45) is -6.94. The molecule has 0 unspecified atom stereocenters. The molecular weight excluding hydrogens is 302 g/mol. The summed E-state index contributed by atoms with van der Waals surface area (Å²) in [6, 6.07) is 5.03. The molecule has 22 heavy (non-hydrogen) atoms. The lowest BCUT2D eigenvalue weighted by Gasteiger charge is -2.39. The summed E-state index contributed by atoms with van der Waals surface area (Å²) in [7, 11) is 0. The van der Waals surface area contributed by atoms with Gasteiger partial charge in [0, 0.05) is 12.1 Å². The van der Waals surface area contributed by atoms with Crippen LogP contribution in [0.3, 0.4) is 0 Å². The second-order valence-corrected chi connectivity index (χ2v) is 4.57. The maximum absolute atomic E-state index is 10.5. The van der Waals surface area contributed by atoms with Gasteiger partial charge in [-0.2, -0.15) is 0 Å². The Morgan fingerprint density at radius 2 is 1.73 bits per heavy atom. The van der Waals surface area contributed by atoms with E-state index in [1.165, 1.54) is 24.3 Å². The van der Waals surface area contributed by atoms with Gasteiger partial charge in [0.1, 0.15) is 30.2 Å². The largest absolute Gasteiger partial charge is 0.462 e. The molecule has 0 amide bonds. The summed E-state index contributed by atoms with van der Waals surface area (Å²) >= 11 is 0. The fraction of sp³-hybridized carbons (Fsp3) is 0.500. The zero-order chi connectivity index (χ0) is 15.6. The molecule has 0 aromatic heterocycles. The van der Waals surface area contributed by atoms with Gasteiger partial charge in [-0.15, -0.1) is 0 Å². The first-order valence-corrected chi connectivity index (χ1v) is 6.15. The normalized spacial score (nSPS) is 31.2. The van der Waals surface area contributed by atoms with E-state index in [1.54, 1.807) is 0 Å². The number of hydrogen-bond acceptors (Lipinski definition) is 8. The van der Waals surface area contributed by atoms with Crippen molar-refractivity contribution in [3.05, 3.63) is 34.4 Å². The van der Waals surface area contributed by atoms with E-state index in [4.69, 9.17) is 14.6 Å². The number of aliphatic hydroxyl groups excluding tert-OH is 4. The minimum absolute atomic E-state index is 0. The summed E-state index contributed by atoms with van der Waals surface area (Å²) in [5.41, 5.74) is -0.129. The first kappa shape index (κ1) is 18.2. The zero-order valence-corrected chi connectivity index (χ0v) is 11.3. The summed E-state index contributed by atoms with van der Waals surface area (Å²) < 4.78 is 10.4. The number of non-ortho nitro benzene ring substituents is 1. The minimum Gasteiger partial charge on any atom is -0.462 e. The first-order valence-electron chi connectivity index (χ1n) is 6.15. The van der Waals surface area contributed by atoms with Crippen molar-refractivity contribution in [2.75, 3.05) is 6.61 Å². The molecule has 10 heteroatoms. The average molecular weight is 319 g/mol. The Balaban J connectivity index is 0.00000242. The molecule has 0 spiro atoms. The van der Waals surface area contributed by atoms with Crippen LogP contribution >= 0.6 is 0 Å². The van der Waals surface area contributed by atoms with E-state index in [0.29, 0.717) is 0 Å². The van der Waals surface area contributed by atoms with Crippen LogP contribution in [-0.2, 0) is 4.74 Å². The van der Waals surface area contributed by atoms with Gasteiger partial charge in [0.25, 0.3) is 5.69 Å². The molecule has 2 rings (SSSR count). The smallest absolute Gasteiger partial charge is 0.269 e. The maximum atomic E-state index is 10.5.